The highest BCUT2D eigenvalue weighted by atomic mass is 15.3. The predicted molar refractivity (Wildman–Crippen MR) is 57.5 cm³/mol. The van der Waals surface area contributed by atoms with Gasteiger partial charge < -0.3 is 9.47 Å². The third kappa shape index (κ3) is 2.20. The van der Waals surface area contributed by atoms with Crippen LogP contribution in [0, 0.1) is 5.92 Å². The zero-order chi connectivity index (χ0) is 10.1. The Kier molecular flexibility index (Phi) is 2.44. The van der Waals surface area contributed by atoms with Gasteiger partial charge in [-0.2, -0.15) is 0 Å². The molecular weight excluding hydrogens is 188 g/mol. The zero-order valence-corrected chi connectivity index (χ0v) is 9.05. The summed E-state index contributed by atoms with van der Waals surface area (Å²) in [4.78, 5) is 2.62. The Labute approximate surface area is 90.3 Å². The fraction of sp³-hybridized carbons (Fsp3) is 0.818. The van der Waals surface area contributed by atoms with Gasteiger partial charge in [0.2, 0.25) is 0 Å². The van der Waals surface area contributed by atoms with Crippen molar-refractivity contribution in [1.29, 1.82) is 0 Å². The molecule has 2 aliphatic rings. The first-order valence-corrected chi connectivity index (χ1v) is 5.98. The number of hydrogen-bond acceptors (Lipinski definition) is 3. The smallest absolute Gasteiger partial charge is 0.119 e. The number of piperidine rings is 1. The van der Waals surface area contributed by atoms with Gasteiger partial charge in [0.1, 0.15) is 12.7 Å². The molecule has 2 heterocycles. The fourth-order valence-electron chi connectivity index (χ4n) is 2.50. The lowest BCUT2D eigenvalue weighted by atomic mass is 10.1. The van der Waals surface area contributed by atoms with E-state index in [9.17, 15) is 0 Å². The van der Waals surface area contributed by atoms with Gasteiger partial charge in [-0.05, 0) is 38.1 Å². The molecule has 1 aliphatic carbocycles. The quantitative estimate of drug-likeness (QED) is 0.748. The summed E-state index contributed by atoms with van der Waals surface area (Å²) in [6, 6.07) is 0.604. The predicted octanol–water partition coefficient (Wildman–Crippen LogP) is 1.32. The molecule has 1 saturated carbocycles. The molecule has 1 aliphatic heterocycles. The van der Waals surface area contributed by atoms with E-state index in [2.05, 4.69) is 19.7 Å². The molecule has 4 nitrogen and oxygen atoms in total. The van der Waals surface area contributed by atoms with Gasteiger partial charge in [0.25, 0.3) is 0 Å². The molecule has 0 spiro atoms. The molecule has 1 saturated heterocycles. The molecule has 3 rings (SSSR count). The Bertz CT molecular complexity index is 304. The van der Waals surface area contributed by atoms with Gasteiger partial charge in [-0.3, -0.25) is 0 Å². The third-order valence-corrected chi connectivity index (χ3v) is 3.55. The van der Waals surface area contributed by atoms with Crippen LogP contribution < -0.4 is 0 Å². The Morgan fingerprint density at radius 3 is 2.67 bits per heavy atom. The average molecular weight is 206 g/mol. The van der Waals surface area contributed by atoms with Gasteiger partial charge in [0.15, 0.2) is 0 Å². The van der Waals surface area contributed by atoms with Crippen LogP contribution >= 0.6 is 0 Å². The van der Waals surface area contributed by atoms with E-state index in [0.717, 1.165) is 5.92 Å². The molecule has 0 amide bonds. The standard InChI is InChI=1S/C11H18N4/c1-2-11(15-8-12-13-9-15)7-14(5-1)6-10-3-4-10/h8-11H,1-7H2/t11-/m1/s1. The molecule has 0 bridgehead atoms. The minimum atomic E-state index is 0.604. The largest absolute Gasteiger partial charge is 0.316 e. The number of nitrogens with zero attached hydrogens (tertiary/aromatic N) is 4. The first-order valence-electron chi connectivity index (χ1n) is 5.98. The Morgan fingerprint density at radius 1 is 1.13 bits per heavy atom. The summed E-state index contributed by atoms with van der Waals surface area (Å²) in [5, 5.41) is 7.78. The maximum absolute atomic E-state index is 3.89. The SMILES string of the molecule is c1nncn1[C@@H]1CCCN(CC2CC2)C1. The average Bonchev–Trinajstić information content (AvgIpc) is 2.91. The van der Waals surface area contributed by atoms with Gasteiger partial charge in [-0.15, -0.1) is 10.2 Å². The normalized spacial score (nSPS) is 28.1. The molecule has 15 heavy (non-hydrogen) atoms. The maximum Gasteiger partial charge on any atom is 0.119 e. The minimum Gasteiger partial charge on any atom is -0.316 e. The van der Waals surface area contributed by atoms with Crippen molar-refractivity contribution in [3.05, 3.63) is 12.7 Å². The van der Waals surface area contributed by atoms with Crippen LogP contribution in [0.5, 0.6) is 0 Å². The molecule has 82 valence electrons. The summed E-state index contributed by atoms with van der Waals surface area (Å²) in [5.74, 6) is 1.00. The second-order valence-electron chi connectivity index (χ2n) is 4.91. The molecule has 1 aromatic heterocycles. The fourth-order valence-corrected chi connectivity index (χ4v) is 2.50. The first-order chi connectivity index (χ1) is 7.42. The van der Waals surface area contributed by atoms with Crippen molar-refractivity contribution in [2.45, 2.75) is 31.7 Å². The van der Waals surface area contributed by atoms with Crippen molar-refractivity contribution in [1.82, 2.24) is 19.7 Å². The van der Waals surface area contributed by atoms with Gasteiger partial charge in [0, 0.05) is 19.1 Å². The van der Waals surface area contributed by atoms with Crippen molar-refractivity contribution >= 4 is 0 Å². The van der Waals surface area contributed by atoms with E-state index >= 15 is 0 Å². The summed E-state index contributed by atoms with van der Waals surface area (Å²) in [6.45, 7) is 3.79. The monoisotopic (exact) mass is 206 g/mol. The van der Waals surface area contributed by atoms with E-state index in [1.54, 1.807) is 0 Å². The molecule has 2 fully saturated rings. The van der Waals surface area contributed by atoms with Gasteiger partial charge >= 0.3 is 0 Å². The Balaban J connectivity index is 1.60. The van der Waals surface area contributed by atoms with E-state index in [4.69, 9.17) is 0 Å². The summed E-state index contributed by atoms with van der Waals surface area (Å²) < 4.78 is 2.17. The number of rotatable bonds is 3. The summed E-state index contributed by atoms with van der Waals surface area (Å²) in [5.41, 5.74) is 0. The molecule has 4 heteroatoms. The maximum atomic E-state index is 3.89. The molecule has 0 radical (unpaired) electrons. The van der Waals surface area contributed by atoms with Crippen molar-refractivity contribution < 1.29 is 0 Å². The van der Waals surface area contributed by atoms with Crippen molar-refractivity contribution in [2.75, 3.05) is 19.6 Å². The van der Waals surface area contributed by atoms with Crippen LogP contribution in [0.4, 0.5) is 0 Å². The second kappa shape index (κ2) is 3.93. The van der Waals surface area contributed by atoms with E-state index in [1.165, 1.54) is 45.3 Å². The molecule has 0 N–H and O–H groups in total. The van der Waals surface area contributed by atoms with E-state index in [0.29, 0.717) is 6.04 Å². The summed E-state index contributed by atoms with van der Waals surface area (Å²) in [6.07, 6.45) is 9.20. The summed E-state index contributed by atoms with van der Waals surface area (Å²) in [7, 11) is 0. The highest BCUT2D eigenvalue weighted by Gasteiger charge is 2.27. The highest BCUT2D eigenvalue weighted by Crippen LogP contribution is 2.31. The molecule has 0 unspecified atom stereocenters. The number of likely N-dealkylation sites (tertiary alicyclic amines) is 1. The van der Waals surface area contributed by atoms with Crippen LogP contribution in [-0.2, 0) is 0 Å². The summed E-state index contributed by atoms with van der Waals surface area (Å²) >= 11 is 0. The van der Waals surface area contributed by atoms with Crippen LogP contribution in [0.2, 0.25) is 0 Å². The molecule has 0 aromatic carbocycles. The van der Waals surface area contributed by atoms with Gasteiger partial charge in [-0.1, -0.05) is 0 Å². The molecular formula is C11H18N4. The topological polar surface area (TPSA) is 34.0 Å². The highest BCUT2D eigenvalue weighted by molar-refractivity contribution is 4.84. The van der Waals surface area contributed by atoms with Crippen molar-refractivity contribution in [3.8, 4) is 0 Å². The molecule has 1 atom stereocenters. The van der Waals surface area contributed by atoms with Crippen LogP contribution in [0.25, 0.3) is 0 Å². The zero-order valence-electron chi connectivity index (χ0n) is 9.05. The second-order valence-corrected chi connectivity index (χ2v) is 4.91. The lowest BCUT2D eigenvalue weighted by molar-refractivity contribution is 0.171. The van der Waals surface area contributed by atoms with Gasteiger partial charge in [0.05, 0.1) is 0 Å². The van der Waals surface area contributed by atoms with Crippen LogP contribution in [0.15, 0.2) is 12.7 Å². The van der Waals surface area contributed by atoms with Crippen LogP contribution in [-0.4, -0.2) is 39.3 Å². The first kappa shape index (κ1) is 9.33. The van der Waals surface area contributed by atoms with Crippen molar-refractivity contribution in [2.24, 2.45) is 5.92 Å². The number of hydrogen-bond donors (Lipinski definition) is 0. The van der Waals surface area contributed by atoms with E-state index < -0.39 is 0 Å². The van der Waals surface area contributed by atoms with Gasteiger partial charge in [-0.25, -0.2) is 0 Å². The Hall–Kier alpha value is -0.900. The van der Waals surface area contributed by atoms with Crippen LogP contribution in [0.1, 0.15) is 31.7 Å². The van der Waals surface area contributed by atoms with E-state index in [1.807, 2.05) is 12.7 Å². The third-order valence-electron chi connectivity index (χ3n) is 3.55. The Morgan fingerprint density at radius 2 is 1.93 bits per heavy atom. The lowest BCUT2D eigenvalue weighted by Gasteiger charge is -2.33. The molecule has 1 aromatic rings. The minimum absolute atomic E-state index is 0.604. The lowest BCUT2D eigenvalue weighted by Crippen LogP contribution is -2.37. The van der Waals surface area contributed by atoms with E-state index in [-0.39, 0.29) is 0 Å². The van der Waals surface area contributed by atoms with Crippen LogP contribution in [0.3, 0.4) is 0 Å². The number of aromatic nitrogens is 3. The van der Waals surface area contributed by atoms with Crippen molar-refractivity contribution in [3.63, 3.8) is 0 Å².